The van der Waals surface area contributed by atoms with E-state index in [4.69, 9.17) is 9.47 Å². The van der Waals surface area contributed by atoms with Gasteiger partial charge in [-0.1, -0.05) is 31.9 Å². The fraction of sp³-hybridized carbons (Fsp3) is 0.833. The van der Waals surface area contributed by atoms with Crippen LogP contribution < -0.4 is 0 Å². The predicted molar refractivity (Wildman–Crippen MR) is 77.2 cm³/mol. The summed E-state index contributed by atoms with van der Waals surface area (Å²) in [5, 5.41) is 1.62. The highest BCUT2D eigenvalue weighted by Gasteiger charge is 2.03. The van der Waals surface area contributed by atoms with E-state index in [1.807, 2.05) is 0 Å². The van der Waals surface area contributed by atoms with Crippen molar-refractivity contribution in [2.75, 3.05) is 23.9 Å². The van der Waals surface area contributed by atoms with Gasteiger partial charge in [-0.2, -0.15) is 0 Å². The second-order valence-electron chi connectivity index (χ2n) is 3.73. The molecule has 0 amide bonds. The third-order valence-electron chi connectivity index (χ3n) is 2.09. The van der Waals surface area contributed by atoms with Gasteiger partial charge in [0.2, 0.25) is 0 Å². The fourth-order valence-corrected chi connectivity index (χ4v) is 1.70. The van der Waals surface area contributed by atoms with Crippen molar-refractivity contribution in [1.29, 1.82) is 0 Å². The Kier molecular flexibility index (Phi) is 13.3. The van der Waals surface area contributed by atoms with Gasteiger partial charge in [-0.25, -0.2) is 0 Å². The third kappa shape index (κ3) is 12.4. The van der Waals surface area contributed by atoms with E-state index >= 15 is 0 Å². The van der Waals surface area contributed by atoms with E-state index in [9.17, 15) is 9.59 Å². The summed E-state index contributed by atoms with van der Waals surface area (Å²) in [5.41, 5.74) is 0. The molecule has 0 heterocycles. The van der Waals surface area contributed by atoms with Gasteiger partial charge in [0, 0.05) is 23.5 Å². The molecule has 0 N–H and O–H groups in total. The van der Waals surface area contributed by atoms with E-state index in [0.717, 1.165) is 36.3 Å². The van der Waals surface area contributed by atoms with Crippen molar-refractivity contribution in [3.63, 3.8) is 0 Å². The van der Waals surface area contributed by atoms with Crippen molar-refractivity contribution < 1.29 is 19.1 Å². The Morgan fingerprint density at radius 1 is 0.722 bits per heavy atom. The van der Waals surface area contributed by atoms with Crippen LogP contribution in [0.2, 0.25) is 0 Å². The molecule has 0 aliphatic rings. The maximum Gasteiger partial charge on any atom is 0.305 e. The molecule has 0 unspecified atom stereocenters. The SMILES string of the molecule is O=C(CCCBr)OCCCCOC(=O)CCCBr. The lowest BCUT2D eigenvalue weighted by Gasteiger charge is -2.05. The highest BCUT2D eigenvalue weighted by molar-refractivity contribution is 9.09. The summed E-state index contributed by atoms with van der Waals surface area (Å²) in [6.45, 7) is 0.806. The van der Waals surface area contributed by atoms with Crippen LogP contribution >= 0.6 is 31.9 Å². The molecular formula is C12H20Br2O4. The Bertz CT molecular complexity index is 210. The number of carbonyl (C=O) groups excluding carboxylic acids is 2. The molecule has 0 spiro atoms. The Balaban J connectivity index is 3.25. The van der Waals surface area contributed by atoms with Crippen molar-refractivity contribution in [3.8, 4) is 0 Å². The highest BCUT2D eigenvalue weighted by Crippen LogP contribution is 2.00. The third-order valence-corrected chi connectivity index (χ3v) is 3.22. The summed E-state index contributed by atoms with van der Waals surface area (Å²) in [6.07, 6.45) is 3.95. The largest absolute Gasteiger partial charge is 0.466 e. The molecular weight excluding hydrogens is 368 g/mol. The zero-order chi connectivity index (χ0) is 13.6. The van der Waals surface area contributed by atoms with Crippen molar-refractivity contribution in [2.45, 2.75) is 38.5 Å². The number of halogens is 2. The quantitative estimate of drug-likeness (QED) is 0.310. The van der Waals surface area contributed by atoms with Crippen LogP contribution in [0.1, 0.15) is 38.5 Å². The van der Waals surface area contributed by atoms with Crippen LogP contribution in [-0.4, -0.2) is 35.8 Å². The van der Waals surface area contributed by atoms with Crippen molar-refractivity contribution >= 4 is 43.8 Å². The van der Waals surface area contributed by atoms with E-state index < -0.39 is 0 Å². The average molecular weight is 388 g/mol. The number of hydrogen-bond donors (Lipinski definition) is 0. The molecule has 0 radical (unpaired) electrons. The Morgan fingerprint density at radius 2 is 1.11 bits per heavy atom. The number of unbranched alkanes of at least 4 members (excludes halogenated alkanes) is 1. The van der Waals surface area contributed by atoms with Crippen LogP contribution in [0.15, 0.2) is 0 Å². The Morgan fingerprint density at radius 3 is 1.44 bits per heavy atom. The standard InChI is InChI=1S/C12H20Br2O4/c13-7-3-5-11(15)17-9-1-2-10-18-12(16)6-4-8-14/h1-10H2. The molecule has 0 fully saturated rings. The second-order valence-corrected chi connectivity index (χ2v) is 5.32. The summed E-state index contributed by atoms with van der Waals surface area (Å²) in [4.78, 5) is 22.3. The lowest BCUT2D eigenvalue weighted by Crippen LogP contribution is -2.09. The van der Waals surface area contributed by atoms with Crippen LogP contribution in [0.4, 0.5) is 0 Å². The van der Waals surface area contributed by atoms with Crippen LogP contribution in [0.25, 0.3) is 0 Å². The van der Waals surface area contributed by atoms with Crippen LogP contribution in [-0.2, 0) is 19.1 Å². The molecule has 0 saturated heterocycles. The first-order valence-corrected chi connectivity index (χ1v) is 8.38. The van der Waals surface area contributed by atoms with E-state index in [0.29, 0.717) is 26.1 Å². The zero-order valence-electron chi connectivity index (χ0n) is 10.5. The van der Waals surface area contributed by atoms with Gasteiger partial charge < -0.3 is 9.47 Å². The monoisotopic (exact) mass is 386 g/mol. The summed E-state index contributed by atoms with van der Waals surface area (Å²) in [5.74, 6) is -0.326. The molecule has 0 aromatic rings. The minimum Gasteiger partial charge on any atom is -0.466 e. The van der Waals surface area contributed by atoms with Gasteiger partial charge in [-0.05, 0) is 25.7 Å². The molecule has 0 aromatic carbocycles. The smallest absolute Gasteiger partial charge is 0.305 e. The Labute approximate surface area is 125 Å². The summed E-state index contributed by atoms with van der Waals surface area (Å²) >= 11 is 6.50. The molecule has 0 aliphatic carbocycles. The number of ether oxygens (including phenoxy) is 2. The molecule has 18 heavy (non-hydrogen) atoms. The number of carbonyl (C=O) groups is 2. The summed E-state index contributed by atoms with van der Waals surface area (Å²) in [7, 11) is 0. The van der Waals surface area contributed by atoms with Gasteiger partial charge in [-0.3, -0.25) is 9.59 Å². The van der Waals surface area contributed by atoms with E-state index in [-0.39, 0.29) is 11.9 Å². The molecule has 0 aliphatic heterocycles. The first-order chi connectivity index (χ1) is 8.70. The summed E-state index contributed by atoms with van der Waals surface area (Å²) < 4.78 is 10.0. The molecule has 106 valence electrons. The number of alkyl halides is 2. The van der Waals surface area contributed by atoms with Gasteiger partial charge in [0.15, 0.2) is 0 Å². The maximum absolute atomic E-state index is 11.1. The van der Waals surface area contributed by atoms with Gasteiger partial charge in [0.1, 0.15) is 0 Å². The van der Waals surface area contributed by atoms with Crippen LogP contribution in [0.3, 0.4) is 0 Å². The average Bonchev–Trinajstić information content (AvgIpc) is 2.37. The van der Waals surface area contributed by atoms with E-state index in [1.54, 1.807) is 0 Å². The molecule has 0 aromatic heterocycles. The maximum atomic E-state index is 11.1. The number of esters is 2. The Hall–Kier alpha value is -0.100. The zero-order valence-corrected chi connectivity index (χ0v) is 13.6. The summed E-state index contributed by atoms with van der Waals surface area (Å²) in [6, 6.07) is 0. The van der Waals surface area contributed by atoms with Crippen LogP contribution in [0, 0.1) is 0 Å². The van der Waals surface area contributed by atoms with Gasteiger partial charge >= 0.3 is 11.9 Å². The lowest BCUT2D eigenvalue weighted by molar-refractivity contribution is -0.146. The molecule has 0 rings (SSSR count). The molecule has 0 saturated carbocycles. The van der Waals surface area contributed by atoms with E-state index in [1.165, 1.54) is 0 Å². The van der Waals surface area contributed by atoms with Crippen molar-refractivity contribution in [2.24, 2.45) is 0 Å². The predicted octanol–water partition coefficient (Wildman–Crippen LogP) is 3.20. The molecule has 0 atom stereocenters. The highest BCUT2D eigenvalue weighted by atomic mass is 79.9. The first-order valence-electron chi connectivity index (χ1n) is 6.14. The first kappa shape index (κ1) is 17.9. The molecule has 4 nitrogen and oxygen atoms in total. The fourth-order valence-electron chi connectivity index (χ4n) is 1.14. The normalized spacial score (nSPS) is 10.1. The molecule has 6 heteroatoms. The van der Waals surface area contributed by atoms with Crippen LogP contribution in [0.5, 0.6) is 0 Å². The molecule has 0 bridgehead atoms. The van der Waals surface area contributed by atoms with Gasteiger partial charge in [0.05, 0.1) is 13.2 Å². The van der Waals surface area contributed by atoms with Crippen molar-refractivity contribution in [3.05, 3.63) is 0 Å². The minimum absolute atomic E-state index is 0.163. The van der Waals surface area contributed by atoms with E-state index in [2.05, 4.69) is 31.9 Å². The number of rotatable bonds is 11. The lowest BCUT2D eigenvalue weighted by atomic mass is 10.3. The second kappa shape index (κ2) is 13.3. The van der Waals surface area contributed by atoms with Gasteiger partial charge in [-0.15, -0.1) is 0 Å². The topological polar surface area (TPSA) is 52.6 Å². The van der Waals surface area contributed by atoms with Crippen molar-refractivity contribution in [1.82, 2.24) is 0 Å². The van der Waals surface area contributed by atoms with Gasteiger partial charge in [0.25, 0.3) is 0 Å². The minimum atomic E-state index is -0.163. The number of hydrogen-bond acceptors (Lipinski definition) is 4.